The maximum Gasteiger partial charge on any atom is 0.231 e. The van der Waals surface area contributed by atoms with E-state index in [0.29, 0.717) is 6.54 Å². The summed E-state index contributed by atoms with van der Waals surface area (Å²) in [5.41, 5.74) is 1.69. The predicted molar refractivity (Wildman–Crippen MR) is 74.1 cm³/mol. The molecule has 0 bridgehead atoms. The molecule has 1 aromatic carbocycles. The largest absolute Gasteiger partial charge is 0.313 e. The van der Waals surface area contributed by atoms with E-state index in [0.717, 1.165) is 24.2 Å². The van der Waals surface area contributed by atoms with E-state index in [1.165, 1.54) is 0 Å². The van der Waals surface area contributed by atoms with Crippen LogP contribution in [0.25, 0.3) is 0 Å². The monoisotopic (exact) mass is 258 g/mol. The number of amides is 2. The summed E-state index contributed by atoms with van der Waals surface area (Å²) in [5.74, 6) is 0.236. The van der Waals surface area contributed by atoms with Gasteiger partial charge in [0.1, 0.15) is 0 Å². The Balaban J connectivity index is 2.06. The molecule has 1 heterocycles. The van der Waals surface area contributed by atoms with Gasteiger partial charge in [-0.15, -0.1) is 0 Å². The highest BCUT2D eigenvalue weighted by atomic mass is 16.2. The number of rotatable bonds is 1. The molecule has 1 saturated carbocycles. The molecule has 4 heteroatoms. The Hall–Kier alpha value is -1.84. The van der Waals surface area contributed by atoms with E-state index < -0.39 is 0 Å². The van der Waals surface area contributed by atoms with E-state index >= 15 is 0 Å². The summed E-state index contributed by atoms with van der Waals surface area (Å²) in [6.45, 7) is 2.37. The van der Waals surface area contributed by atoms with E-state index in [1.54, 1.807) is 16.8 Å². The number of para-hydroxylation sites is 2. The molecule has 1 aliphatic heterocycles. The van der Waals surface area contributed by atoms with Crippen molar-refractivity contribution < 1.29 is 9.59 Å². The van der Waals surface area contributed by atoms with Gasteiger partial charge in [0.15, 0.2) is 0 Å². The molecule has 1 aliphatic carbocycles. The van der Waals surface area contributed by atoms with Crippen molar-refractivity contribution in [1.82, 2.24) is 0 Å². The molecule has 1 atom stereocenters. The number of benzene rings is 1. The highest BCUT2D eigenvalue weighted by Crippen LogP contribution is 2.38. The first-order valence-corrected chi connectivity index (χ1v) is 6.77. The van der Waals surface area contributed by atoms with Gasteiger partial charge < -0.3 is 9.80 Å². The minimum atomic E-state index is -0.167. The van der Waals surface area contributed by atoms with Gasteiger partial charge in [0, 0.05) is 19.5 Å². The Morgan fingerprint density at radius 2 is 1.84 bits per heavy atom. The van der Waals surface area contributed by atoms with Crippen LogP contribution >= 0.6 is 0 Å². The average Bonchev–Trinajstić information content (AvgIpc) is 3.26. The summed E-state index contributed by atoms with van der Waals surface area (Å²) in [5, 5.41) is 0. The Labute approximate surface area is 113 Å². The number of hydrogen-bond acceptors (Lipinski definition) is 2. The van der Waals surface area contributed by atoms with Crippen LogP contribution in [0.5, 0.6) is 0 Å². The lowest BCUT2D eigenvalue weighted by Crippen LogP contribution is -2.37. The molecule has 0 radical (unpaired) electrons. The SMILES string of the molecule is C[C@H]1CN(C(=O)C2CC2)c2ccccc2N(C)C1=O. The van der Waals surface area contributed by atoms with Gasteiger partial charge in [-0.1, -0.05) is 19.1 Å². The van der Waals surface area contributed by atoms with Crippen molar-refractivity contribution in [3.8, 4) is 0 Å². The number of nitrogens with zero attached hydrogens (tertiary/aromatic N) is 2. The van der Waals surface area contributed by atoms with Crippen LogP contribution in [-0.4, -0.2) is 25.4 Å². The number of fused-ring (bicyclic) bond motifs is 1. The molecule has 0 N–H and O–H groups in total. The molecule has 0 unspecified atom stereocenters. The van der Waals surface area contributed by atoms with Gasteiger partial charge in [-0.2, -0.15) is 0 Å². The number of anilines is 2. The number of hydrogen-bond donors (Lipinski definition) is 0. The molecule has 4 nitrogen and oxygen atoms in total. The third kappa shape index (κ3) is 2.01. The molecule has 2 amide bonds. The fourth-order valence-corrected chi connectivity index (χ4v) is 2.63. The second-order valence-electron chi connectivity index (χ2n) is 5.51. The predicted octanol–water partition coefficient (Wildman–Crippen LogP) is 2.04. The van der Waals surface area contributed by atoms with Crippen LogP contribution in [0, 0.1) is 11.8 Å². The van der Waals surface area contributed by atoms with Crippen molar-refractivity contribution in [3.05, 3.63) is 24.3 Å². The highest BCUT2D eigenvalue weighted by molar-refractivity contribution is 6.06. The topological polar surface area (TPSA) is 40.6 Å². The van der Waals surface area contributed by atoms with Gasteiger partial charge in [0.25, 0.3) is 0 Å². The van der Waals surface area contributed by atoms with Crippen LogP contribution < -0.4 is 9.80 Å². The van der Waals surface area contributed by atoms with Gasteiger partial charge in [0.2, 0.25) is 11.8 Å². The zero-order valence-electron chi connectivity index (χ0n) is 11.3. The molecule has 19 heavy (non-hydrogen) atoms. The molecule has 1 fully saturated rings. The second-order valence-corrected chi connectivity index (χ2v) is 5.51. The molecule has 0 spiro atoms. The van der Waals surface area contributed by atoms with E-state index in [2.05, 4.69) is 0 Å². The first-order chi connectivity index (χ1) is 9.09. The van der Waals surface area contributed by atoms with Crippen molar-refractivity contribution >= 4 is 23.2 Å². The summed E-state index contributed by atoms with van der Waals surface area (Å²) in [6.07, 6.45) is 1.96. The second kappa shape index (κ2) is 4.37. The standard InChI is InChI=1S/C15H18N2O2/c1-10-9-17(15(19)11-7-8-11)13-6-4-3-5-12(13)16(2)14(10)18/h3-6,10-11H,7-9H2,1-2H3/t10-/m0/s1. The zero-order chi connectivity index (χ0) is 13.6. The fraction of sp³-hybridized carbons (Fsp3) is 0.467. The van der Waals surface area contributed by atoms with Crippen molar-refractivity contribution in [2.45, 2.75) is 19.8 Å². The van der Waals surface area contributed by atoms with Crippen molar-refractivity contribution in [2.24, 2.45) is 11.8 Å². The van der Waals surface area contributed by atoms with Crippen LogP contribution in [0.3, 0.4) is 0 Å². The Morgan fingerprint density at radius 3 is 2.47 bits per heavy atom. The summed E-state index contributed by atoms with van der Waals surface area (Å²) in [7, 11) is 1.78. The number of carbonyl (C=O) groups excluding carboxylic acids is 2. The number of carbonyl (C=O) groups is 2. The zero-order valence-corrected chi connectivity index (χ0v) is 11.3. The maximum atomic E-state index is 12.4. The lowest BCUT2D eigenvalue weighted by molar-refractivity contribution is -0.121. The Kier molecular flexibility index (Phi) is 2.81. The van der Waals surface area contributed by atoms with Gasteiger partial charge in [-0.25, -0.2) is 0 Å². The van der Waals surface area contributed by atoms with Gasteiger partial charge in [0.05, 0.1) is 17.3 Å². The maximum absolute atomic E-state index is 12.4. The molecule has 0 saturated heterocycles. The molecule has 2 aliphatic rings. The van der Waals surface area contributed by atoms with Gasteiger partial charge >= 0.3 is 0 Å². The third-order valence-electron chi connectivity index (χ3n) is 3.94. The van der Waals surface area contributed by atoms with Crippen LogP contribution in [0.15, 0.2) is 24.3 Å². The quantitative estimate of drug-likeness (QED) is 0.773. The normalized spacial score (nSPS) is 23.1. The van der Waals surface area contributed by atoms with Crippen molar-refractivity contribution in [3.63, 3.8) is 0 Å². The minimum Gasteiger partial charge on any atom is -0.313 e. The Morgan fingerprint density at radius 1 is 1.21 bits per heavy atom. The van der Waals surface area contributed by atoms with Gasteiger partial charge in [-0.3, -0.25) is 9.59 Å². The van der Waals surface area contributed by atoms with Gasteiger partial charge in [-0.05, 0) is 25.0 Å². The molecule has 0 aromatic heterocycles. The van der Waals surface area contributed by atoms with Crippen molar-refractivity contribution in [2.75, 3.05) is 23.4 Å². The van der Waals surface area contributed by atoms with Crippen LogP contribution in [0.4, 0.5) is 11.4 Å². The molecular weight excluding hydrogens is 240 g/mol. The fourth-order valence-electron chi connectivity index (χ4n) is 2.63. The lowest BCUT2D eigenvalue weighted by atomic mass is 10.1. The summed E-state index contributed by atoms with van der Waals surface area (Å²) in [4.78, 5) is 28.2. The molecule has 1 aromatic rings. The van der Waals surface area contributed by atoms with Crippen LogP contribution in [-0.2, 0) is 9.59 Å². The molecule has 3 rings (SSSR count). The highest BCUT2D eigenvalue weighted by Gasteiger charge is 2.38. The molecule has 100 valence electrons. The minimum absolute atomic E-state index is 0.0681. The van der Waals surface area contributed by atoms with E-state index in [1.807, 2.05) is 31.2 Å². The first kappa shape index (κ1) is 12.2. The average molecular weight is 258 g/mol. The van der Waals surface area contributed by atoms with Crippen LogP contribution in [0.1, 0.15) is 19.8 Å². The van der Waals surface area contributed by atoms with Crippen LogP contribution in [0.2, 0.25) is 0 Å². The van der Waals surface area contributed by atoms with Crippen molar-refractivity contribution in [1.29, 1.82) is 0 Å². The van der Waals surface area contributed by atoms with E-state index in [4.69, 9.17) is 0 Å². The lowest BCUT2D eigenvalue weighted by Gasteiger charge is -2.24. The summed E-state index contributed by atoms with van der Waals surface area (Å²) >= 11 is 0. The summed E-state index contributed by atoms with van der Waals surface area (Å²) in [6, 6.07) is 7.65. The van der Waals surface area contributed by atoms with E-state index in [-0.39, 0.29) is 23.7 Å². The first-order valence-electron chi connectivity index (χ1n) is 6.77. The third-order valence-corrected chi connectivity index (χ3v) is 3.94. The van der Waals surface area contributed by atoms with E-state index in [9.17, 15) is 9.59 Å². The smallest absolute Gasteiger partial charge is 0.231 e. The summed E-state index contributed by atoms with van der Waals surface area (Å²) < 4.78 is 0. The molecular formula is C15H18N2O2. The Bertz CT molecular complexity index is 537.